The molecule has 1 saturated carbocycles. The third-order valence-corrected chi connectivity index (χ3v) is 4.96. The molecule has 0 saturated heterocycles. The summed E-state index contributed by atoms with van der Waals surface area (Å²) in [5.74, 6) is -0.785. The van der Waals surface area contributed by atoms with Gasteiger partial charge in [0.05, 0.1) is 5.92 Å². The Balaban J connectivity index is 1.84. The Bertz CT molecular complexity index is 408. The standard InChI is InChI=1S/C14H21NO2S/c1-9-6-13(18-10(9)2)8-15-12-5-3-4-11(7-12)14(16)17/h6,11-12,15H,3-5,7-8H2,1-2H3,(H,16,17). The molecule has 2 atom stereocenters. The molecule has 1 aliphatic rings. The van der Waals surface area contributed by atoms with Crippen molar-refractivity contribution in [3.8, 4) is 0 Å². The van der Waals surface area contributed by atoms with E-state index in [1.54, 1.807) is 0 Å². The van der Waals surface area contributed by atoms with Gasteiger partial charge in [0, 0.05) is 22.3 Å². The second-order valence-electron chi connectivity index (χ2n) is 5.23. The van der Waals surface area contributed by atoms with Crippen molar-refractivity contribution in [2.24, 2.45) is 5.92 Å². The van der Waals surface area contributed by atoms with E-state index in [1.807, 2.05) is 11.3 Å². The maximum atomic E-state index is 11.0. The van der Waals surface area contributed by atoms with Crippen molar-refractivity contribution in [3.05, 3.63) is 21.4 Å². The van der Waals surface area contributed by atoms with Gasteiger partial charge >= 0.3 is 5.97 Å². The maximum Gasteiger partial charge on any atom is 0.306 e. The van der Waals surface area contributed by atoms with E-state index in [2.05, 4.69) is 25.2 Å². The Hall–Kier alpha value is -0.870. The van der Waals surface area contributed by atoms with E-state index < -0.39 is 5.97 Å². The molecule has 1 aromatic heterocycles. The molecule has 0 spiro atoms. The van der Waals surface area contributed by atoms with Crippen LogP contribution in [0.3, 0.4) is 0 Å². The summed E-state index contributed by atoms with van der Waals surface area (Å²) < 4.78 is 0. The number of rotatable bonds is 4. The van der Waals surface area contributed by atoms with E-state index in [-0.39, 0.29) is 5.92 Å². The molecule has 2 N–H and O–H groups in total. The van der Waals surface area contributed by atoms with Crippen LogP contribution in [-0.2, 0) is 11.3 Å². The van der Waals surface area contributed by atoms with Crippen LogP contribution in [0.2, 0.25) is 0 Å². The fourth-order valence-electron chi connectivity index (χ4n) is 2.58. The molecule has 18 heavy (non-hydrogen) atoms. The van der Waals surface area contributed by atoms with Crippen LogP contribution in [-0.4, -0.2) is 17.1 Å². The molecule has 1 aliphatic carbocycles. The summed E-state index contributed by atoms with van der Waals surface area (Å²) in [7, 11) is 0. The summed E-state index contributed by atoms with van der Waals surface area (Å²) in [4.78, 5) is 13.7. The van der Waals surface area contributed by atoms with Crippen molar-refractivity contribution in [2.45, 2.75) is 52.1 Å². The van der Waals surface area contributed by atoms with Crippen molar-refractivity contribution in [2.75, 3.05) is 0 Å². The maximum absolute atomic E-state index is 11.0. The van der Waals surface area contributed by atoms with Crippen LogP contribution in [0.25, 0.3) is 0 Å². The zero-order valence-corrected chi connectivity index (χ0v) is 11.8. The zero-order chi connectivity index (χ0) is 13.1. The van der Waals surface area contributed by atoms with Crippen LogP contribution in [0.5, 0.6) is 0 Å². The zero-order valence-electron chi connectivity index (χ0n) is 11.0. The minimum atomic E-state index is -0.635. The number of hydrogen-bond donors (Lipinski definition) is 2. The summed E-state index contributed by atoms with van der Waals surface area (Å²) in [5, 5.41) is 12.6. The SMILES string of the molecule is Cc1cc(CNC2CCCC(C(=O)O)C2)sc1C. The second kappa shape index (κ2) is 5.85. The summed E-state index contributed by atoms with van der Waals surface area (Å²) in [6.45, 7) is 5.15. The van der Waals surface area contributed by atoms with Gasteiger partial charge in [-0.2, -0.15) is 0 Å². The Morgan fingerprint density at radius 2 is 2.28 bits per heavy atom. The van der Waals surface area contributed by atoms with Gasteiger partial charge in [-0.1, -0.05) is 6.42 Å². The third-order valence-electron chi connectivity index (χ3n) is 3.81. The van der Waals surface area contributed by atoms with Crippen LogP contribution in [0.15, 0.2) is 6.07 Å². The molecule has 2 rings (SSSR count). The molecule has 0 radical (unpaired) electrons. The minimum absolute atomic E-state index is 0.150. The van der Waals surface area contributed by atoms with Gasteiger partial charge < -0.3 is 10.4 Å². The highest BCUT2D eigenvalue weighted by Crippen LogP contribution is 2.26. The topological polar surface area (TPSA) is 49.3 Å². The molecule has 4 heteroatoms. The first-order chi connectivity index (χ1) is 8.56. The van der Waals surface area contributed by atoms with Crippen LogP contribution in [0.4, 0.5) is 0 Å². The van der Waals surface area contributed by atoms with Gasteiger partial charge in [0.1, 0.15) is 0 Å². The Labute approximate surface area is 112 Å². The predicted octanol–water partition coefficient (Wildman–Crippen LogP) is 3.10. The number of aryl methyl sites for hydroxylation is 2. The van der Waals surface area contributed by atoms with Gasteiger partial charge in [0.25, 0.3) is 0 Å². The number of nitrogens with one attached hydrogen (secondary N) is 1. The van der Waals surface area contributed by atoms with Gasteiger partial charge in [0.2, 0.25) is 0 Å². The molecule has 3 nitrogen and oxygen atoms in total. The third kappa shape index (κ3) is 3.33. The van der Waals surface area contributed by atoms with Gasteiger partial charge in [0.15, 0.2) is 0 Å². The fourth-order valence-corrected chi connectivity index (χ4v) is 3.59. The van der Waals surface area contributed by atoms with Gasteiger partial charge in [-0.15, -0.1) is 11.3 Å². The lowest BCUT2D eigenvalue weighted by Crippen LogP contribution is -2.35. The fraction of sp³-hybridized carbons (Fsp3) is 0.643. The molecule has 0 aromatic carbocycles. The van der Waals surface area contributed by atoms with Crippen LogP contribution >= 0.6 is 11.3 Å². The normalized spacial score (nSPS) is 24.1. The summed E-state index contributed by atoms with van der Waals surface area (Å²) in [6, 6.07) is 2.59. The van der Waals surface area contributed by atoms with Gasteiger partial charge in [-0.05, 0) is 44.7 Å². The number of aliphatic carboxylic acids is 1. The number of carboxylic acids is 1. The number of carbonyl (C=O) groups is 1. The molecule has 1 heterocycles. The van der Waals surface area contributed by atoms with E-state index in [4.69, 9.17) is 5.11 Å². The minimum Gasteiger partial charge on any atom is -0.481 e. The van der Waals surface area contributed by atoms with Gasteiger partial charge in [-0.3, -0.25) is 4.79 Å². The number of carboxylic acid groups (broad SMARTS) is 1. The van der Waals surface area contributed by atoms with Crippen LogP contribution < -0.4 is 5.32 Å². The molecular weight excluding hydrogens is 246 g/mol. The van der Waals surface area contributed by atoms with E-state index in [0.29, 0.717) is 6.04 Å². The smallest absolute Gasteiger partial charge is 0.306 e. The number of hydrogen-bond acceptors (Lipinski definition) is 3. The summed E-state index contributed by atoms with van der Waals surface area (Å²) >= 11 is 1.83. The lowest BCUT2D eigenvalue weighted by Gasteiger charge is -2.27. The first kappa shape index (κ1) is 13.6. The lowest BCUT2D eigenvalue weighted by atomic mass is 9.86. The van der Waals surface area contributed by atoms with Crippen molar-refractivity contribution in [1.82, 2.24) is 5.32 Å². The molecule has 100 valence electrons. The van der Waals surface area contributed by atoms with Crippen molar-refractivity contribution in [1.29, 1.82) is 0 Å². The van der Waals surface area contributed by atoms with Gasteiger partial charge in [-0.25, -0.2) is 0 Å². The average Bonchev–Trinajstić information content (AvgIpc) is 2.67. The largest absolute Gasteiger partial charge is 0.481 e. The molecule has 0 amide bonds. The molecular formula is C14H21NO2S. The Kier molecular flexibility index (Phi) is 4.40. The summed E-state index contributed by atoms with van der Waals surface area (Å²) in [5.41, 5.74) is 1.35. The van der Waals surface area contributed by atoms with Crippen LogP contribution in [0, 0.1) is 19.8 Å². The first-order valence-electron chi connectivity index (χ1n) is 6.58. The molecule has 1 aromatic rings. The summed E-state index contributed by atoms with van der Waals surface area (Å²) in [6.07, 6.45) is 3.74. The predicted molar refractivity (Wildman–Crippen MR) is 74.0 cm³/mol. The van der Waals surface area contributed by atoms with E-state index in [9.17, 15) is 4.79 Å². The van der Waals surface area contributed by atoms with Crippen molar-refractivity contribution in [3.63, 3.8) is 0 Å². The number of thiophene rings is 1. The monoisotopic (exact) mass is 267 g/mol. The van der Waals surface area contributed by atoms with Crippen molar-refractivity contribution >= 4 is 17.3 Å². The molecule has 2 unspecified atom stereocenters. The first-order valence-corrected chi connectivity index (χ1v) is 7.40. The van der Waals surface area contributed by atoms with Crippen LogP contribution in [0.1, 0.15) is 41.0 Å². The van der Waals surface area contributed by atoms with E-state index in [0.717, 1.165) is 32.2 Å². The van der Waals surface area contributed by atoms with E-state index >= 15 is 0 Å². The Morgan fingerprint density at radius 1 is 1.50 bits per heavy atom. The lowest BCUT2D eigenvalue weighted by molar-refractivity contribution is -0.143. The highest BCUT2D eigenvalue weighted by Gasteiger charge is 2.26. The molecule has 1 fully saturated rings. The highest BCUT2D eigenvalue weighted by atomic mass is 32.1. The quantitative estimate of drug-likeness (QED) is 0.881. The highest BCUT2D eigenvalue weighted by molar-refractivity contribution is 7.12. The molecule has 0 aliphatic heterocycles. The molecule has 0 bridgehead atoms. The van der Waals surface area contributed by atoms with E-state index in [1.165, 1.54) is 15.3 Å². The Morgan fingerprint density at radius 3 is 2.89 bits per heavy atom. The van der Waals surface area contributed by atoms with Crippen molar-refractivity contribution < 1.29 is 9.90 Å². The second-order valence-corrected chi connectivity index (χ2v) is 6.57. The average molecular weight is 267 g/mol.